The summed E-state index contributed by atoms with van der Waals surface area (Å²) in [4.78, 5) is 9.89. The van der Waals surface area contributed by atoms with Crippen LogP contribution in [0.3, 0.4) is 0 Å². The van der Waals surface area contributed by atoms with Crippen LogP contribution >= 0.6 is 15.9 Å². The highest BCUT2D eigenvalue weighted by molar-refractivity contribution is 9.10. The Morgan fingerprint density at radius 1 is 1.17 bits per heavy atom. The molecule has 1 rings (SSSR count). The molecule has 12 heteroatoms. The first-order valence-electron chi connectivity index (χ1n) is 6.50. The topological polar surface area (TPSA) is 135 Å². The summed E-state index contributed by atoms with van der Waals surface area (Å²) in [6.07, 6.45) is 0.247. The van der Waals surface area contributed by atoms with Crippen molar-refractivity contribution < 1.29 is 21.8 Å². The van der Waals surface area contributed by atoms with E-state index in [-0.39, 0.29) is 40.3 Å². The predicted octanol–water partition coefficient (Wildman–Crippen LogP) is 0.965. The fourth-order valence-corrected chi connectivity index (χ4v) is 3.65. The quantitative estimate of drug-likeness (QED) is 0.340. The van der Waals surface area contributed by atoms with Gasteiger partial charge < -0.3 is 0 Å². The number of nitro benzene ring substituents is 1. The minimum atomic E-state index is -3.91. The maximum atomic E-state index is 12.0. The van der Waals surface area contributed by atoms with Crippen molar-refractivity contribution >= 4 is 41.7 Å². The van der Waals surface area contributed by atoms with Gasteiger partial charge in [0.15, 0.2) is 0 Å². The van der Waals surface area contributed by atoms with Crippen molar-refractivity contribution in [3.05, 3.63) is 32.8 Å². The molecule has 0 saturated carbocycles. The van der Waals surface area contributed by atoms with Gasteiger partial charge in [0.2, 0.25) is 20.0 Å². The fraction of sp³-hybridized carbons (Fsp3) is 0.455. The highest BCUT2D eigenvalue weighted by Crippen LogP contribution is 2.27. The van der Waals surface area contributed by atoms with E-state index in [0.29, 0.717) is 0 Å². The van der Waals surface area contributed by atoms with Crippen LogP contribution in [-0.2, 0) is 20.0 Å². The summed E-state index contributed by atoms with van der Waals surface area (Å²) in [5, 5.41) is 10.8. The Hall–Kier alpha value is -1.08. The van der Waals surface area contributed by atoms with Crippen LogP contribution in [0.25, 0.3) is 0 Å². The van der Waals surface area contributed by atoms with Crippen LogP contribution in [0.1, 0.15) is 13.3 Å². The Kier molecular flexibility index (Phi) is 7.07. The summed E-state index contributed by atoms with van der Waals surface area (Å²) in [5.74, 6) is -0.0543. The molecule has 0 aliphatic heterocycles. The molecule has 0 fully saturated rings. The highest BCUT2D eigenvalue weighted by atomic mass is 79.9. The molecule has 0 amide bonds. The molecule has 130 valence electrons. The van der Waals surface area contributed by atoms with Crippen LogP contribution in [0.5, 0.6) is 0 Å². The molecule has 0 aliphatic carbocycles. The third-order valence-electron chi connectivity index (χ3n) is 2.77. The lowest BCUT2D eigenvalue weighted by Gasteiger charge is -2.08. The first-order valence-corrected chi connectivity index (χ1v) is 10.4. The molecular weight excluding hydrogens is 414 g/mol. The molecule has 23 heavy (non-hydrogen) atoms. The van der Waals surface area contributed by atoms with Crippen LogP contribution in [-0.4, -0.2) is 40.6 Å². The van der Waals surface area contributed by atoms with E-state index in [4.69, 9.17) is 0 Å². The first kappa shape index (κ1) is 20.0. The summed E-state index contributed by atoms with van der Waals surface area (Å²) in [6, 6.07) is 3.47. The molecular formula is C11H16BrN3O6S2. The Morgan fingerprint density at radius 3 is 2.35 bits per heavy atom. The zero-order valence-corrected chi connectivity index (χ0v) is 15.4. The number of hydrogen-bond acceptors (Lipinski definition) is 6. The van der Waals surface area contributed by atoms with Crippen LogP contribution in [0.2, 0.25) is 0 Å². The third-order valence-corrected chi connectivity index (χ3v) is 6.31. The molecule has 0 saturated heterocycles. The average Bonchev–Trinajstić information content (AvgIpc) is 2.46. The second-order valence-electron chi connectivity index (χ2n) is 4.42. The monoisotopic (exact) mass is 429 g/mol. The van der Waals surface area contributed by atoms with E-state index in [0.717, 1.165) is 6.07 Å². The second-order valence-corrected chi connectivity index (χ2v) is 9.14. The van der Waals surface area contributed by atoms with E-state index in [2.05, 4.69) is 25.4 Å². The number of nitro groups is 1. The van der Waals surface area contributed by atoms with Gasteiger partial charge in [-0.25, -0.2) is 26.3 Å². The molecule has 0 radical (unpaired) electrons. The van der Waals surface area contributed by atoms with Crippen molar-refractivity contribution in [2.24, 2.45) is 0 Å². The van der Waals surface area contributed by atoms with Crippen LogP contribution in [0, 0.1) is 10.1 Å². The minimum absolute atomic E-state index is 0.00156. The van der Waals surface area contributed by atoms with E-state index in [1.165, 1.54) is 19.1 Å². The number of hydrogen-bond donors (Lipinski definition) is 2. The van der Waals surface area contributed by atoms with Gasteiger partial charge in [0, 0.05) is 19.2 Å². The summed E-state index contributed by atoms with van der Waals surface area (Å²) in [7, 11) is -7.22. The summed E-state index contributed by atoms with van der Waals surface area (Å²) >= 11 is 2.97. The number of rotatable bonds is 9. The smallest absolute Gasteiger partial charge is 0.258 e. The number of nitrogens with zero attached hydrogens (tertiary/aromatic N) is 1. The molecule has 0 aliphatic rings. The molecule has 0 unspecified atom stereocenters. The summed E-state index contributed by atoms with van der Waals surface area (Å²) in [6.45, 7) is 1.59. The number of nitrogens with one attached hydrogen (secondary N) is 2. The van der Waals surface area contributed by atoms with E-state index >= 15 is 0 Å². The SMILES string of the molecule is CCS(=O)(=O)NCCCNS(=O)(=O)c1ccc(Br)c([N+](=O)[O-])c1. The van der Waals surface area contributed by atoms with Gasteiger partial charge in [0.25, 0.3) is 5.69 Å². The molecule has 0 heterocycles. The highest BCUT2D eigenvalue weighted by Gasteiger charge is 2.20. The number of benzene rings is 1. The Morgan fingerprint density at radius 2 is 1.78 bits per heavy atom. The second kappa shape index (κ2) is 8.15. The normalized spacial score (nSPS) is 12.3. The van der Waals surface area contributed by atoms with Gasteiger partial charge >= 0.3 is 0 Å². The molecule has 0 bridgehead atoms. The average molecular weight is 430 g/mol. The zero-order chi connectivity index (χ0) is 17.7. The van der Waals surface area contributed by atoms with Crippen molar-refractivity contribution in [1.82, 2.24) is 9.44 Å². The van der Waals surface area contributed by atoms with E-state index < -0.39 is 25.0 Å². The van der Waals surface area contributed by atoms with Gasteiger partial charge in [-0.3, -0.25) is 10.1 Å². The first-order chi connectivity index (χ1) is 10.6. The Balaban J connectivity index is 2.67. The Labute approximate surface area is 142 Å². The van der Waals surface area contributed by atoms with Crippen molar-refractivity contribution in [3.63, 3.8) is 0 Å². The Bertz CT molecular complexity index is 779. The largest absolute Gasteiger partial charge is 0.284 e. The predicted molar refractivity (Wildman–Crippen MR) is 88.1 cm³/mol. The van der Waals surface area contributed by atoms with E-state index in [1.807, 2.05) is 0 Å². The van der Waals surface area contributed by atoms with Crippen molar-refractivity contribution in [2.75, 3.05) is 18.8 Å². The maximum absolute atomic E-state index is 12.0. The fourth-order valence-electron chi connectivity index (χ4n) is 1.51. The number of halogens is 1. The molecule has 1 aromatic carbocycles. The lowest BCUT2D eigenvalue weighted by Crippen LogP contribution is -2.30. The minimum Gasteiger partial charge on any atom is -0.258 e. The van der Waals surface area contributed by atoms with Gasteiger partial charge in [-0.05, 0) is 41.4 Å². The van der Waals surface area contributed by atoms with Gasteiger partial charge in [-0.2, -0.15) is 0 Å². The van der Waals surface area contributed by atoms with Crippen molar-refractivity contribution in [2.45, 2.75) is 18.2 Å². The molecule has 9 nitrogen and oxygen atoms in total. The molecule has 0 atom stereocenters. The van der Waals surface area contributed by atoms with E-state index in [9.17, 15) is 26.9 Å². The van der Waals surface area contributed by atoms with Gasteiger partial charge in [-0.1, -0.05) is 0 Å². The number of sulfonamides is 2. The lowest BCUT2D eigenvalue weighted by atomic mass is 10.3. The van der Waals surface area contributed by atoms with Gasteiger partial charge in [-0.15, -0.1) is 0 Å². The van der Waals surface area contributed by atoms with Crippen LogP contribution in [0.15, 0.2) is 27.6 Å². The third kappa shape index (κ3) is 6.14. The van der Waals surface area contributed by atoms with Crippen LogP contribution < -0.4 is 9.44 Å². The molecule has 0 aromatic heterocycles. The molecule has 0 spiro atoms. The van der Waals surface area contributed by atoms with Gasteiger partial charge in [0.1, 0.15) is 0 Å². The van der Waals surface area contributed by atoms with E-state index in [1.54, 1.807) is 0 Å². The standard InChI is InChI=1S/C11H16BrN3O6S2/c1-2-22(18,19)13-6-3-7-14-23(20,21)9-4-5-10(12)11(8-9)15(16)17/h4-5,8,13-14H,2-3,6-7H2,1H3. The summed E-state index contributed by atoms with van der Waals surface area (Å²) < 4.78 is 51.2. The zero-order valence-electron chi connectivity index (χ0n) is 12.2. The van der Waals surface area contributed by atoms with Gasteiger partial charge in [0.05, 0.1) is 20.0 Å². The van der Waals surface area contributed by atoms with Crippen LogP contribution in [0.4, 0.5) is 5.69 Å². The van der Waals surface area contributed by atoms with Crippen molar-refractivity contribution in [3.8, 4) is 0 Å². The lowest BCUT2D eigenvalue weighted by molar-refractivity contribution is -0.385. The molecule has 2 N–H and O–H groups in total. The van der Waals surface area contributed by atoms with Crippen molar-refractivity contribution in [1.29, 1.82) is 0 Å². The molecule has 1 aromatic rings. The summed E-state index contributed by atoms with van der Waals surface area (Å²) in [5.41, 5.74) is -0.358. The maximum Gasteiger partial charge on any atom is 0.284 e.